The Morgan fingerprint density at radius 1 is 0.757 bits per heavy atom. The van der Waals surface area contributed by atoms with Gasteiger partial charge in [0.1, 0.15) is 0 Å². The van der Waals surface area contributed by atoms with E-state index in [1.54, 1.807) is 0 Å². The summed E-state index contributed by atoms with van der Waals surface area (Å²) >= 11 is 0. The predicted octanol–water partition coefficient (Wildman–Crippen LogP) is 9.70. The van der Waals surface area contributed by atoms with Crippen molar-refractivity contribution < 1.29 is 0 Å². The fourth-order valence-corrected chi connectivity index (χ4v) is 6.41. The van der Waals surface area contributed by atoms with Crippen molar-refractivity contribution in [3.8, 4) is 11.1 Å². The molecule has 196 valence electrons. The number of hydrogen-bond acceptors (Lipinski definition) is 1. The highest BCUT2D eigenvalue weighted by atomic mass is 14.7. The summed E-state index contributed by atoms with van der Waals surface area (Å²) in [4.78, 5) is 0. The molecule has 0 radical (unpaired) electrons. The molecule has 0 spiro atoms. The van der Waals surface area contributed by atoms with Gasteiger partial charge in [-0.3, -0.25) is 0 Å². The van der Waals surface area contributed by atoms with Crippen LogP contribution in [0.15, 0.2) is 66.7 Å². The Morgan fingerprint density at radius 3 is 1.89 bits per heavy atom. The normalized spacial score (nSPS) is 16.2. The maximum Gasteiger partial charge on any atom is 0.0342 e. The number of aryl methyl sites for hydroxylation is 3. The van der Waals surface area contributed by atoms with Gasteiger partial charge in [0.15, 0.2) is 0 Å². The topological polar surface area (TPSA) is 26.0 Å². The smallest absolute Gasteiger partial charge is 0.0342 e. The highest BCUT2D eigenvalue weighted by Gasteiger charge is 2.31. The first kappa shape index (κ1) is 27.4. The largest absolute Gasteiger partial charge is 0.322 e. The monoisotopic (exact) mass is 493 g/mol. The van der Waals surface area contributed by atoms with Crippen molar-refractivity contribution in [1.29, 1.82) is 0 Å². The first-order chi connectivity index (χ1) is 17.8. The fourth-order valence-electron chi connectivity index (χ4n) is 6.41. The van der Waals surface area contributed by atoms with Gasteiger partial charge in [-0.15, -0.1) is 0 Å². The molecule has 0 atom stereocenters. The molecular formula is C36H47N. The zero-order valence-corrected chi connectivity index (χ0v) is 23.9. The van der Waals surface area contributed by atoms with Crippen LogP contribution in [0.1, 0.15) is 106 Å². The number of nitrogens with two attached hydrogens (primary N) is 1. The number of benzene rings is 3. The molecule has 4 rings (SSSR count). The second kappa shape index (κ2) is 11.8. The summed E-state index contributed by atoms with van der Waals surface area (Å²) in [6, 6.07) is 23.3. The van der Waals surface area contributed by atoms with Gasteiger partial charge in [-0.05, 0) is 90.5 Å². The third-order valence-corrected chi connectivity index (χ3v) is 9.11. The average Bonchev–Trinajstić information content (AvgIpc) is 3.14. The lowest BCUT2D eigenvalue weighted by molar-refractivity contribution is 0.462. The van der Waals surface area contributed by atoms with Crippen LogP contribution in [-0.4, -0.2) is 5.54 Å². The van der Waals surface area contributed by atoms with E-state index in [1.807, 2.05) is 0 Å². The molecule has 0 aromatic heterocycles. The van der Waals surface area contributed by atoms with Crippen LogP contribution in [-0.2, 0) is 11.8 Å². The SMILES string of the molecule is CCc1ccc(-c2ccc(C(CC)(CC)c3ccc(/C=C/C4(N)CCCCCC4)c(C)c3)cc2C)cc1. The van der Waals surface area contributed by atoms with E-state index < -0.39 is 0 Å². The minimum absolute atomic E-state index is 0.0126. The summed E-state index contributed by atoms with van der Waals surface area (Å²) in [5.74, 6) is 0. The van der Waals surface area contributed by atoms with Crippen molar-refractivity contribution in [2.24, 2.45) is 5.73 Å². The quantitative estimate of drug-likeness (QED) is 0.310. The van der Waals surface area contributed by atoms with Crippen molar-refractivity contribution in [3.05, 3.63) is 100 Å². The van der Waals surface area contributed by atoms with Crippen molar-refractivity contribution >= 4 is 6.08 Å². The van der Waals surface area contributed by atoms with Crippen LogP contribution >= 0.6 is 0 Å². The van der Waals surface area contributed by atoms with E-state index in [4.69, 9.17) is 5.73 Å². The molecule has 1 nitrogen and oxygen atoms in total. The molecule has 37 heavy (non-hydrogen) atoms. The van der Waals surface area contributed by atoms with Crippen LogP contribution in [0.25, 0.3) is 17.2 Å². The third kappa shape index (κ3) is 5.93. The Bertz CT molecular complexity index is 1200. The van der Waals surface area contributed by atoms with Crippen molar-refractivity contribution in [2.45, 2.75) is 103 Å². The van der Waals surface area contributed by atoms with Gasteiger partial charge in [0, 0.05) is 11.0 Å². The molecule has 2 N–H and O–H groups in total. The minimum Gasteiger partial charge on any atom is -0.322 e. The van der Waals surface area contributed by atoms with Gasteiger partial charge in [0.05, 0.1) is 0 Å². The number of hydrogen-bond donors (Lipinski definition) is 1. The predicted molar refractivity (Wildman–Crippen MR) is 162 cm³/mol. The zero-order valence-electron chi connectivity index (χ0n) is 23.9. The van der Waals surface area contributed by atoms with E-state index >= 15 is 0 Å². The van der Waals surface area contributed by atoms with Crippen LogP contribution in [0.3, 0.4) is 0 Å². The van der Waals surface area contributed by atoms with E-state index in [0.717, 1.165) is 32.1 Å². The third-order valence-electron chi connectivity index (χ3n) is 9.11. The Hall–Kier alpha value is -2.64. The second-order valence-electron chi connectivity index (χ2n) is 11.4. The molecule has 1 fully saturated rings. The van der Waals surface area contributed by atoms with Crippen LogP contribution in [0.2, 0.25) is 0 Å². The molecule has 0 aliphatic heterocycles. The van der Waals surface area contributed by atoms with Gasteiger partial charge < -0.3 is 5.73 Å². The molecule has 0 unspecified atom stereocenters. The standard InChI is InChI=1S/C36H47N/c1-6-29-13-15-31(16-14-29)34-20-19-33(26-28(34)5)36(7-2,8-3)32-18-17-30(27(4)25-32)21-24-35(37)22-11-9-10-12-23-35/h13-21,24-26H,6-12,22-23,37H2,1-5H3/b24-21+. The molecule has 0 heterocycles. The molecule has 1 aliphatic carbocycles. The summed E-state index contributed by atoms with van der Waals surface area (Å²) in [5.41, 5.74) is 17.5. The zero-order chi connectivity index (χ0) is 26.5. The van der Waals surface area contributed by atoms with Crippen molar-refractivity contribution in [2.75, 3.05) is 0 Å². The molecule has 1 aliphatic rings. The van der Waals surface area contributed by atoms with Crippen LogP contribution in [0, 0.1) is 13.8 Å². The fraction of sp³-hybridized carbons (Fsp3) is 0.444. The molecule has 3 aromatic rings. The molecule has 0 bridgehead atoms. The summed E-state index contributed by atoms with van der Waals surface area (Å²) in [7, 11) is 0. The molecule has 0 amide bonds. The lowest BCUT2D eigenvalue weighted by atomic mass is 9.69. The highest BCUT2D eigenvalue weighted by molar-refractivity contribution is 5.68. The molecular weight excluding hydrogens is 446 g/mol. The number of rotatable bonds is 8. The lowest BCUT2D eigenvalue weighted by Gasteiger charge is -2.34. The van der Waals surface area contributed by atoms with E-state index in [2.05, 4.69) is 107 Å². The lowest BCUT2D eigenvalue weighted by Crippen LogP contribution is -2.36. The minimum atomic E-state index is -0.145. The van der Waals surface area contributed by atoms with Crippen LogP contribution in [0.4, 0.5) is 0 Å². The van der Waals surface area contributed by atoms with E-state index in [9.17, 15) is 0 Å². The molecule has 1 saturated carbocycles. The molecule has 1 heteroatoms. The summed E-state index contributed by atoms with van der Waals surface area (Å²) < 4.78 is 0. The van der Waals surface area contributed by atoms with Crippen LogP contribution in [0.5, 0.6) is 0 Å². The summed E-state index contributed by atoms with van der Waals surface area (Å²) in [6.45, 7) is 11.4. The maximum absolute atomic E-state index is 6.77. The molecule has 3 aromatic carbocycles. The van der Waals surface area contributed by atoms with Gasteiger partial charge in [-0.2, -0.15) is 0 Å². The Labute approximate surface area is 226 Å². The maximum atomic E-state index is 6.77. The van der Waals surface area contributed by atoms with Gasteiger partial charge in [-0.1, -0.05) is 119 Å². The Balaban J connectivity index is 1.64. The van der Waals surface area contributed by atoms with E-state index in [1.165, 1.54) is 70.2 Å². The van der Waals surface area contributed by atoms with Crippen LogP contribution < -0.4 is 5.73 Å². The van der Waals surface area contributed by atoms with Gasteiger partial charge >= 0.3 is 0 Å². The van der Waals surface area contributed by atoms with Crippen molar-refractivity contribution in [1.82, 2.24) is 0 Å². The van der Waals surface area contributed by atoms with Crippen molar-refractivity contribution in [3.63, 3.8) is 0 Å². The molecule has 0 saturated heterocycles. The highest BCUT2D eigenvalue weighted by Crippen LogP contribution is 2.41. The first-order valence-electron chi connectivity index (χ1n) is 14.6. The first-order valence-corrected chi connectivity index (χ1v) is 14.6. The van der Waals surface area contributed by atoms with Gasteiger partial charge in [-0.25, -0.2) is 0 Å². The van der Waals surface area contributed by atoms with E-state index in [-0.39, 0.29) is 11.0 Å². The summed E-state index contributed by atoms with van der Waals surface area (Å²) in [5, 5.41) is 0. The van der Waals surface area contributed by atoms with E-state index in [0.29, 0.717) is 0 Å². The summed E-state index contributed by atoms with van der Waals surface area (Å²) in [6.07, 6.45) is 15.2. The Morgan fingerprint density at radius 2 is 1.35 bits per heavy atom. The van der Waals surface area contributed by atoms with Gasteiger partial charge in [0.2, 0.25) is 0 Å². The average molecular weight is 494 g/mol. The second-order valence-corrected chi connectivity index (χ2v) is 11.4. The van der Waals surface area contributed by atoms with Gasteiger partial charge in [0.25, 0.3) is 0 Å². The Kier molecular flexibility index (Phi) is 8.75.